The minimum atomic E-state index is 0.0446. The monoisotopic (exact) mass is 561 g/mol. The van der Waals surface area contributed by atoms with Crippen LogP contribution in [0.25, 0.3) is 33.2 Å². The molecule has 0 amide bonds. The minimum absolute atomic E-state index is 0.0446. The molecule has 0 aliphatic carbocycles. The Morgan fingerprint density at radius 2 is 1.70 bits per heavy atom. The van der Waals surface area contributed by atoms with Gasteiger partial charge in [-0.15, -0.1) is 6.58 Å². The maximum Gasteiger partial charge on any atom is 0.145 e. The molecule has 2 aliphatic heterocycles. The molecule has 3 unspecified atom stereocenters. The quantitative estimate of drug-likeness (QED) is 0.205. The third-order valence-electron chi connectivity index (χ3n) is 9.26. The molecular weight excluding hydrogens is 526 g/mol. The normalized spacial score (nSPS) is 19.9. The van der Waals surface area contributed by atoms with Gasteiger partial charge in [-0.1, -0.05) is 61.7 Å². The van der Waals surface area contributed by atoms with E-state index in [1.165, 1.54) is 22.3 Å². The summed E-state index contributed by atoms with van der Waals surface area (Å²) in [5, 5.41) is 2.19. The molecular formula is C39H35N3O. The smallest absolute Gasteiger partial charge is 0.145 e. The zero-order valence-electron chi connectivity index (χ0n) is 24.8. The molecule has 3 aromatic carbocycles. The highest BCUT2D eigenvalue weighted by Gasteiger charge is 2.35. The molecule has 0 saturated heterocycles. The first-order valence-corrected chi connectivity index (χ1v) is 15.0. The molecule has 2 aliphatic rings. The third kappa shape index (κ3) is 4.40. The predicted molar refractivity (Wildman–Crippen MR) is 180 cm³/mol. The van der Waals surface area contributed by atoms with Crippen LogP contribution in [0.3, 0.4) is 0 Å². The van der Waals surface area contributed by atoms with Crippen LogP contribution in [0.2, 0.25) is 0 Å². The second-order valence-electron chi connectivity index (χ2n) is 11.7. The Hall–Kier alpha value is -4.83. The molecule has 5 aromatic rings. The summed E-state index contributed by atoms with van der Waals surface area (Å²) >= 11 is 0. The second kappa shape index (κ2) is 10.8. The molecule has 212 valence electrons. The van der Waals surface area contributed by atoms with Gasteiger partial charge in [0.25, 0.3) is 0 Å². The molecule has 4 nitrogen and oxygen atoms in total. The van der Waals surface area contributed by atoms with Crippen molar-refractivity contribution in [1.29, 1.82) is 0 Å². The lowest BCUT2D eigenvalue weighted by atomic mass is 9.75. The summed E-state index contributed by atoms with van der Waals surface area (Å²) in [5.41, 5.74) is 12.7. The maximum absolute atomic E-state index is 6.74. The Kier molecular flexibility index (Phi) is 6.78. The summed E-state index contributed by atoms with van der Waals surface area (Å²) in [6.45, 7) is 17.3. The number of furan rings is 1. The van der Waals surface area contributed by atoms with Gasteiger partial charge in [-0.25, -0.2) is 0 Å². The van der Waals surface area contributed by atoms with Gasteiger partial charge in [-0.3, -0.25) is 15.0 Å². The lowest BCUT2D eigenvalue weighted by Gasteiger charge is -2.35. The molecule has 7 rings (SSSR count). The van der Waals surface area contributed by atoms with Crippen LogP contribution in [0.15, 0.2) is 119 Å². The van der Waals surface area contributed by atoms with Crippen LogP contribution in [-0.4, -0.2) is 29.0 Å². The summed E-state index contributed by atoms with van der Waals surface area (Å²) in [4.78, 5) is 15.1. The first kappa shape index (κ1) is 27.0. The first-order chi connectivity index (χ1) is 21.0. The maximum atomic E-state index is 6.74. The second-order valence-corrected chi connectivity index (χ2v) is 11.7. The van der Waals surface area contributed by atoms with Crippen molar-refractivity contribution in [2.75, 3.05) is 6.54 Å². The Balaban J connectivity index is 1.41. The van der Waals surface area contributed by atoms with Crippen LogP contribution in [0, 0.1) is 19.8 Å². The first-order valence-electron chi connectivity index (χ1n) is 15.0. The van der Waals surface area contributed by atoms with Gasteiger partial charge in [-0.05, 0) is 79.3 Å². The molecule has 4 heteroatoms. The number of aromatic nitrogens is 1. The number of hydrogen-bond donors (Lipinski definition) is 0. The van der Waals surface area contributed by atoms with Gasteiger partial charge in [0.1, 0.15) is 11.2 Å². The van der Waals surface area contributed by atoms with Crippen molar-refractivity contribution in [2.45, 2.75) is 38.6 Å². The molecule has 0 fully saturated rings. The van der Waals surface area contributed by atoms with E-state index in [-0.39, 0.29) is 17.9 Å². The fourth-order valence-corrected chi connectivity index (χ4v) is 7.07. The van der Waals surface area contributed by atoms with Crippen LogP contribution in [0.5, 0.6) is 0 Å². The summed E-state index contributed by atoms with van der Waals surface area (Å²) in [5.74, 6) is 0.320. The standard InChI is InChI=1S/C39H35N3O/c1-6-25-22-41-34(8-3)36-26(15-17-29-27-13-9-10-14-28(27)33(7-2)42-38(25)29)16-18-30-32-20-24(5)31(21-35(32)43-39(30)36)37-23(4)12-11-19-40-37/h6-14,16,18-21,25,29,38H,1-3,15,17,22H2,4-5H3. The summed E-state index contributed by atoms with van der Waals surface area (Å²) < 4.78 is 6.74. The number of aliphatic imine (C=N–C) groups is 2. The lowest BCUT2D eigenvalue weighted by molar-refractivity contribution is 0.409. The number of nitrogens with zero attached hydrogens (tertiary/aromatic N) is 3. The number of rotatable bonds is 4. The van der Waals surface area contributed by atoms with E-state index in [0.29, 0.717) is 6.54 Å². The van der Waals surface area contributed by atoms with Gasteiger partial charge < -0.3 is 4.42 Å². The minimum Gasteiger partial charge on any atom is -0.455 e. The van der Waals surface area contributed by atoms with Crippen molar-refractivity contribution in [3.8, 4) is 11.3 Å². The number of aryl methyl sites for hydroxylation is 3. The number of benzene rings is 3. The van der Waals surface area contributed by atoms with Crippen LogP contribution < -0.4 is 0 Å². The van der Waals surface area contributed by atoms with E-state index in [2.05, 4.69) is 93.2 Å². The van der Waals surface area contributed by atoms with Gasteiger partial charge in [-0.2, -0.15) is 0 Å². The van der Waals surface area contributed by atoms with E-state index in [0.717, 1.165) is 68.6 Å². The van der Waals surface area contributed by atoms with Crippen LogP contribution in [-0.2, 0) is 6.42 Å². The highest BCUT2D eigenvalue weighted by Crippen LogP contribution is 2.41. The number of allylic oxidation sites excluding steroid dienone is 2. The average molecular weight is 562 g/mol. The number of hydrogen-bond acceptors (Lipinski definition) is 4. The fourth-order valence-electron chi connectivity index (χ4n) is 7.07. The molecule has 0 radical (unpaired) electrons. The van der Waals surface area contributed by atoms with Gasteiger partial charge >= 0.3 is 0 Å². The Morgan fingerprint density at radius 3 is 2.49 bits per heavy atom. The van der Waals surface area contributed by atoms with Crippen molar-refractivity contribution in [3.05, 3.63) is 138 Å². The van der Waals surface area contributed by atoms with Crippen LogP contribution >= 0.6 is 0 Å². The summed E-state index contributed by atoms with van der Waals surface area (Å²) in [7, 11) is 0. The Labute approximate surface area is 252 Å². The molecule has 0 N–H and O–H groups in total. The predicted octanol–water partition coefficient (Wildman–Crippen LogP) is 9.13. The average Bonchev–Trinajstić information content (AvgIpc) is 3.39. The number of pyridine rings is 1. The molecule has 43 heavy (non-hydrogen) atoms. The van der Waals surface area contributed by atoms with E-state index in [4.69, 9.17) is 14.4 Å². The van der Waals surface area contributed by atoms with Crippen LogP contribution in [0.1, 0.15) is 45.7 Å². The van der Waals surface area contributed by atoms with Crippen molar-refractivity contribution >= 4 is 33.4 Å². The summed E-state index contributed by atoms with van der Waals surface area (Å²) in [6, 6.07) is 21.6. The lowest BCUT2D eigenvalue weighted by Crippen LogP contribution is -2.33. The SMILES string of the molecule is C=CC1=NC2C(C=C)CN=C(C=C)c3c(ccc4c3oc3cc(-c5ncccc5C)c(C)cc34)CCC2c2ccccc21. The van der Waals surface area contributed by atoms with E-state index < -0.39 is 0 Å². The van der Waals surface area contributed by atoms with E-state index in [1.54, 1.807) is 0 Å². The van der Waals surface area contributed by atoms with Gasteiger partial charge in [0.15, 0.2) is 0 Å². The molecule has 0 saturated carbocycles. The van der Waals surface area contributed by atoms with Crippen LogP contribution in [0.4, 0.5) is 0 Å². The topological polar surface area (TPSA) is 50.8 Å². The molecule has 0 bridgehead atoms. The van der Waals surface area contributed by atoms with E-state index in [1.807, 2.05) is 30.5 Å². The van der Waals surface area contributed by atoms with E-state index in [9.17, 15) is 0 Å². The van der Waals surface area contributed by atoms with Gasteiger partial charge in [0.2, 0.25) is 0 Å². The Morgan fingerprint density at radius 1 is 0.860 bits per heavy atom. The molecule has 2 aromatic heterocycles. The van der Waals surface area contributed by atoms with Crippen molar-refractivity contribution in [3.63, 3.8) is 0 Å². The zero-order chi connectivity index (χ0) is 29.7. The van der Waals surface area contributed by atoms with Crippen molar-refractivity contribution in [1.82, 2.24) is 4.98 Å². The van der Waals surface area contributed by atoms with Gasteiger partial charge in [0, 0.05) is 52.0 Å². The highest BCUT2D eigenvalue weighted by molar-refractivity contribution is 6.20. The van der Waals surface area contributed by atoms with Crippen molar-refractivity contribution < 1.29 is 4.42 Å². The Bertz CT molecular complexity index is 2010. The van der Waals surface area contributed by atoms with E-state index >= 15 is 0 Å². The fraction of sp³-hybridized carbons (Fsp3) is 0.205. The summed E-state index contributed by atoms with van der Waals surface area (Å²) in [6.07, 6.45) is 9.43. The molecule has 4 heterocycles. The largest absolute Gasteiger partial charge is 0.455 e. The molecule has 0 spiro atoms. The highest BCUT2D eigenvalue weighted by atomic mass is 16.3. The molecule has 3 atom stereocenters. The van der Waals surface area contributed by atoms with Gasteiger partial charge in [0.05, 0.1) is 23.2 Å². The zero-order valence-corrected chi connectivity index (χ0v) is 24.8. The number of fused-ring (bicyclic) bond motifs is 8. The third-order valence-corrected chi connectivity index (χ3v) is 9.26. The van der Waals surface area contributed by atoms with Crippen molar-refractivity contribution in [2.24, 2.45) is 15.9 Å².